The molecule has 2 rings (SSSR count). The number of hydrogen-bond acceptors (Lipinski definition) is 4. The van der Waals surface area contributed by atoms with Crippen LogP contribution in [0.3, 0.4) is 0 Å². The summed E-state index contributed by atoms with van der Waals surface area (Å²) in [5.74, 6) is 1.76. The van der Waals surface area contributed by atoms with Gasteiger partial charge in [0.15, 0.2) is 5.78 Å². The van der Waals surface area contributed by atoms with E-state index in [0.717, 1.165) is 17.2 Å². The zero-order chi connectivity index (χ0) is 14.0. The van der Waals surface area contributed by atoms with Gasteiger partial charge in [0.05, 0.1) is 6.54 Å². The smallest absolute Gasteiger partial charge is 0.161 e. The molecule has 0 bridgehead atoms. The molecule has 0 saturated heterocycles. The Balaban J connectivity index is 2.21. The van der Waals surface area contributed by atoms with Crippen LogP contribution in [0.2, 0.25) is 0 Å². The molecule has 0 fully saturated rings. The molecule has 0 radical (unpaired) electrons. The molecule has 0 saturated carbocycles. The fourth-order valence-corrected chi connectivity index (χ4v) is 1.98. The van der Waals surface area contributed by atoms with Crippen LogP contribution in [0.15, 0.2) is 34.7 Å². The van der Waals surface area contributed by atoms with Crippen molar-refractivity contribution in [2.45, 2.75) is 20.4 Å². The average molecular weight is 258 g/mol. The number of furan rings is 1. The number of hydrogen-bond donors (Lipinski definition) is 1. The van der Waals surface area contributed by atoms with Gasteiger partial charge in [-0.25, -0.2) is 0 Å². The van der Waals surface area contributed by atoms with Crippen molar-refractivity contribution < 1.29 is 9.21 Å². The first-order valence-corrected chi connectivity index (χ1v) is 6.14. The number of aryl methyl sites for hydroxylation is 1. The normalized spacial score (nSPS) is 10.5. The van der Waals surface area contributed by atoms with Crippen LogP contribution in [0.1, 0.15) is 28.8 Å². The highest BCUT2D eigenvalue weighted by Crippen LogP contribution is 2.22. The Morgan fingerprint density at radius 2 is 2.05 bits per heavy atom. The molecule has 0 aliphatic rings. The molecule has 2 N–H and O–H groups in total. The van der Waals surface area contributed by atoms with E-state index in [9.17, 15) is 4.79 Å². The van der Waals surface area contributed by atoms with Crippen LogP contribution < -0.4 is 10.6 Å². The van der Waals surface area contributed by atoms with Crippen LogP contribution >= 0.6 is 0 Å². The van der Waals surface area contributed by atoms with Gasteiger partial charge in [0.2, 0.25) is 0 Å². The minimum atomic E-state index is -0.0263. The van der Waals surface area contributed by atoms with Gasteiger partial charge in [-0.05, 0) is 44.2 Å². The molecule has 0 unspecified atom stereocenters. The zero-order valence-corrected chi connectivity index (χ0v) is 11.4. The van der Waals surface area contributed by atoms with Gasteiger partial charge in [-0.2, -0.15) is 0 Å². The summed E-state index contributed by atoms with van der Waals surface area (Å²) in [5.41, 5.74) is 7.79. The highest BCUT2D eigenvalue weighted by Gasteiger charge is 2.10. The maximum absolute atomic E-state index is 11.5. The molecular weight excluding hydrogens is 240 g/mol. The molecule has 2 aromatic rings. The van der Waals surface area contributed by atoms with Crippen molar-refractivity contribution in [1.29, 1.82) is 0 Å². The number of benzene rings is 1. The number of anilines is 2. The standard InChI is InChI=1S/C15H18N2O2/c1-10-4-6-13(19-10)9-17(3)12-5-7-15(16)14(8-12)11(2)18/h4-8H,9,16H2,1-3H3. The first-order valence-electron chi connectivity index (χ1n) is 6.14. The van der Waals surface area contributed by atoms with Gasteiger partial charge in [0.25, 0.3) is 0 Å². The molecule has 100 valence electrons. The van der Waals surface area contributed by atoms with E-state index in [-0.39, 0.29) is 5.78 Å². The van der Waals surface area contributed by atoms with Gasteiger partial charge >= 0.3 is 0 Å². The van der Waals surface area contributed by atoms with Crippen LogP contribution in [0.4, 0.5) is 11.4 Å². The summed E-state index contributed by atoms with van der Waals surface area (Å²) in [6, 6.07) is 9.36. The lowest BCUT2D eigenvalue weighted by molar-refractivity contribution is 0.101. The fraction of sp³-hybridized carbons (Fsp3) is 0.267. The number of carbonyl (C=O) groups is 1. The van der Waals surface area contributed by atoms with Crippen LogP contribution in [-0.2, 0) is 6.54 Å². The van der Waals surface area contributed by atoms with Crippen molar-refractivity contribution in [2.75, 3.05) is 17.7 Å². The minimum absolute atomic E-state index is 0.0263. The first kappa shape index (κ1) is 13.2. The lowest BCUT2D eigenvalue weighted by Crippen LogP contribution is -2.16. The number of nitrogens with zero attached hydrogens (tertiary/aromatic N) is 1. The van der Waals surface area contributed by atoms with Crippen molar-refractivity contribution in [1.82, 2.24) is 0 Å². The van der Waals surface area contributed by atoms with Crippen LogP contribution in [0.5, 0.6) is 0 Å². The summed E-state index contributed by atoms with van der Waals surface area (Å²) in [6.45, 7) is 4.08. The van der Waals surface area contributed by atoms with Gasteiger partial charge in [-0.15, -0.1) is 0 Å². The van der Waals surface area contributed by atoms with Crippen LogP contribution in [0, 0.1) is 6.92 Å². The van der Waals surface area contributed by atoms with Crippen molar-refractivity contribution in [3.05, 3.63) is 47.4 Å². The molecule has 1 heterocycles. The van der Waals surface area contributed by atoms with Gasteiger partial charge in [0, 0.05) is 24.0 Å². The van der Waals surface area contributed by atoms with Crippen molar-refractivity contribution in [3.63, 3.8) is 0 Å². The third-order valence-electron chi connectivity index (χ3n) is 3.05. The van der Waals surface area contributed by atoms with Gasteiger partial charge in [-0.1, -0.05) is 0 Å². The minimum Gasteiger partial charge on any atom is -0.464 e. The molecule has 4 heteroatoms. The number of ketones is 1. The summed E-state index contributed by atoms with van der Waals surface area (Å²) >= 11 is 0. The molecule has 0 spiro atoms. The molecule has 0 atom stereocenters. The van der Waals surface area contributed by atoms with Crippen LogP contribution in [-0.4, -0.2) is 12.8 Å². The van der Waals surface area contributed by atoms with Crippen molar-refractivity contribution in [3.8, 4) is 0 Å². The molecule has 1 aromatic carbocycles. The summed E-state index contributed by atoms with van der Waals surface area (Å²) < 4.78 is 5.54. The van der Waals surface area contributed by atoms with E-state index in [0.29, 0.717) is 17.8 Å². The molecular formula is C15H18N2O2. The molecule has 4 nitrogen and oxygen atoms in total. The van der Waals surface area contributed by atoms with E-state index in [1.807, 2.05) is 43.1 Å². The Morgan fingerprint density at radius 1 is 1.32 bits per heavy atom. The number of carbonyl (C=O) groups excluding carboxylic acids is 1. The van der Waals surface area contributed by atoms with Gasteiger partial charge < -0.3 is 15.1 Å². The maximum atomic E-state index is 11.5. The predicted octanol–water partition coefficient (Wildman–Crippen LogP) is 3.01. The van der Waals surface area contributed by atoms with E-state index in [1.54, 1.807) is 6.07 Å². The third-order valence-corrected chi connectivity index (χ3v) is 3.05. The molecule has 0 aliphatic carbocycles. The summed E-state index contributed by atoms with van der Waals surface area (Å²) in [7, 11) is 1.95. The Morgan fingerprint density at radius 3 is 2.63 bits per heavy atom. The average Bonchev–Trinajstić information content (AvgIpc) is 2.74. The van der Waals surface area contributed by atoms with Gasteiger partial charge in [-0.3, -0.25) is 4.79 Å². The Bertz CT molecular complexity index is 602. The van der Waals surface area contributed by atoms with Crippen molar-refractivity contribution in [2.24, 2.45) is 0 Å². The van der Waals surface area contributed by atoms with Gasteiger partial charge in [0.1, 0.15) is 11.5 Å². The second-order valence-corrected chi connectivity index (χ2v) is 4.70. The number of Topliss-reactive ketones (excluding diaryl/α,β-unsaturated/α-hetero) is 1. The second kappa shape index (κ2) is 5.18. The first-order chi connectivity index (χ1) is 8.97. The van der Waals surface area contributed by atoms with Crippen LogP contribution in [0.25, 0.3) is 0 Å². The van der Waals surface area contributed by atoms with E-state index in [1.165, 1.54) is 6.92 Å². The Labute approximate surface area is 112 Å². The van der Waals surface area contributed by atoms with Crippen molar-refractivity contribution >= 4 is 17.2 Å². The highest BCUT2D eigenvalue weighted by atomic mass is 16.3. The number of rotatable bonds is 4. The van der Waals surface area contributed by atoms with E-state index >= 15 is 0 Å². The Hall–Kier alpha value is -2.23. The number of nitrogen functional groups attached to an aromatic ring is 1. The summed E-state index contributed by atoms with van der Waals surface area (Å²) in [4.78, 5) is 13.5. The van der Waals surface area contributed by atoms with E-state index in [2.05, 4.69) is 0 Å². The molecule has 0 aliphatic heterocycles. The topological polar surface area (TPSA) is 59.5 Å². The third kappa shape index (κ3) is 2.96. The Kier molecular flexibility index (Phi) is 3.60. The zero-order valence-electron chi connectivity index (χ0n) is 11.4. The highest BCUT2D eigenvalue weighted by molar-refractivity contribution is 6.00. The quantitative estimate of drug-likeness (QED) is 0.676. The summed E-state index contributed by atoms with van der Waals surface area (Å²) in [5, 5.41) is 0. The molecule has 1 aromatic heterocycles. The summed E-state index contributed by atoms with van der Waals surface area (Å²) in [6.07, 6.45) is 0. The fourth-order valence-electron chi connectivity index (χ4n) is 1.98. The van der Waals surface area contributed by atoms with E-state index < -0.39 is 0 Å². The predicted molar refractivity (Wildman–Crippen MR) is 76.4 cm³/mol. The van der Waals surface area contributed by atoms with E-state index in [4.69, 9.17) is 10.2 Å². The second-order valence-electron chi connectivity index (χ2n) is 4.70. The number of nitrogens with two attached hydrogens (primary N) is 1. The molecule has 19 heavy (non-hydrogen) atoms. The lowest BCUT2D eigenvalue weighted by Gasteiger charge is -2.19. The molecule has 0 amide bonds. The lowest BCUT2D eigenvalue weighted by atomic mass is 10.1. The monoisotopic (exact) mass is 258 g/mol. The largest absolute Gasteiger partial charge is 0.464 e. The SMILES string of the molecule is CC(=O)c1cc(N(C)Cc2ccc(C)o2)ccc1N. The maximum Gasteiger partial charge on any atom is 0.161 e.